The fraction of sp³-hybridized carbons (Fsp3) is 0.333. The zero-order valence-corrected chi connectivity index (χ0v) is 12.4. The van der Waals surface area contributed by atoms with Gasteiger partial charge in [0.2, 0.25) is 10.0 Å². The molecule has 0 aliphatic heterocycles. The van der Waals surface area contributed by atoms with Crippen LogP contribution in [0.4, 0.5) is 11.4 Å². The fourth-order valence-corrected chi connectivity index (χ4v) is 2.50. The van der Waals surface area contributed by atoms with Gasteiger partial charge in [0.15, 0.2) is 0 Å². The number of nitrogens with one attached hydrogen (secondary N) is 1. The Morgan fingerprint density at radius 1 is 1.50 bits per heavy atom. The van der Waals surface area contributed by atoms with Gasteiger partial charge in [-0.1, -0.05) is 12.2 Å². The first-order chi connectivity index (χ1) is 9.19. The SMILES string of the molecule is C=C(C)CN(C)c1ccc(S(=O)(=O)NC)cc1[N+](=O)[O-]. The van der Waals surface area contributed by atoms with Crippen molar-refractivity contribution in [2.75, 3.05) is 25.5 Å². The average molecular weight is 299 g/mol. The molecular formula is C12H17N3O4S. The molecule has 0 radical (unpaired) electrons. The van der Waals surface area contributed by atoms with Crippen LogP contribution in [0, 0.1) is 10.1 Å². The average Bonchev–Trinajstić information content (AvgIpc) is 2.37. The third-order valence-corrected chi connectivity index (χ3v) is 4.05. The molecule has 1 aromatic rings. The summed E-state index contributed by atoms with van der Waals surface area (Å²) in [5.41, 5.74) is 0.923. The Kier molecular flexibility index (Phi) is 4.85. The smallest absolute Gasteiger partial charge is 0.293 e. The zero-order chi connectivity index (χ0) is 15.5. The number of hydrogen-bond acceptors (Lipinski definition) is 5. The third kappa shape index (κ3) is 3.55. The van der Waals surface area contributed by atoms with E-state index < -0.39 is 14.9 Å². The van der Waals surface area contributed by atoms with Gasteiger partial charge in [0, 0.05) is 19.7 Å². The maximum absolute atomic E-state index is 11.7. The molecule has 1 aromatic carbocycles. The number of sulfonamides is 1. The Balaban J connectivity index is 3.35. The van der Waals surface area contributed by atoms with E-state index in [1.54, 1.807) is 11.9 Å². The predicted octanol–water partition coefficient (Wildman–Crippen LogP) is 1.52. The van der Waals surface area contributed by atoms with Gasteiger partial charge in [0.05, 0.1) is 9.82 Å². The Labute approximate surface area is 118 Å². The molecule has 8 heteroatoms. The summed E-state index contributed by atoms with van der Waals surface area (Å²) in [7, 11) is -0.774. The summed E-state index contributed by atoms with van der Waals surface area (Å²) in [6.45, 7) is 6.00. The minimum atomic E-state index is -3.71. The number of nitrogens with zero attached hydrogens (tertiary/aromatic N) is 2. The molecule has 0 atom stereocenters. The number of anilines is 1. The normalized spacial score (nSPS) is 11.2. The van der Waals surface area contributed by atoms with Crippen LogP contribution in [0.2, 0.25) is 0 Å². The Morgan fingerprint density at radius 2 is 2.10 bits per heavy atom. The molecule has 7 nitrogen and oxygen atoms in total. The molecule has 0 saturated carbocycles. The summed E-state index contributed by atoms with van der Waals surface area (Å²) in [5.74, 6) is 0. The first-order valence-electron chi connectivity index (χ1n) is 5.76. The quantitative estimate of drug-likeness (QED) is 0.488. The van der Waals surface area contributed by atoms with Gasteiger partial charge in [0.25, 0.3) is 5.69 Å². The molecule has 0 bridgehead atoms. The van der Waals surface area contributed by atoms with E-state index in [1.165, 1.54) is 19.2 Å². The van der Waals surface area contributed by atoms with Crippen molar-refractivity contribution in [3.8, 4) is 0 Å². The summed E-state index contributed by atoms with van der Waals surface area (Å²) in [4.78, 5) is 12.0. The molecule has 0 aromatic heterocycles. The second kappa shape index (κ2) is 6.02. The van der Waals surface area contributed by atoms with Crippen LogP contribution in [0.15, 0.2) is 35.2 Å². The summed E-state index contributed by atoms with van der Waals surface area (Å²) in [5, 5.41) is 11.1. The van der Waals surface area contributed by atoms with Gasteiger partial charge in [-0.25, -0.2) is 13.1 Å². The number of hydrogen-bond donors (Lipinski definition) is 1. The number of rotatable bonds is 6. The highest BCUT2D eigenvalue weighted by molar-refractivity contribution is 7.89. The van der Waals surface area contributed by atoms with E-state index in [2.05, 4.69) is 11.3 Å². The van der Waals surface area contributed by atoms with Crippen molar-refractivity contribution in [1.82, 2.24) is 4.72 Å². The molecule has 0 amide bonds. The summed E-state index contributed by atoms with van der Waals surface area (Å²) >= 11 is 0. The highest BCUT2D eigenvalue weighted by Gasteiger charge is 2.22. The molecule has 20 heavy (non-hydrogen) atoms. The summed E-state index contributed by atoms with van der Waals surface area (Å²) in [6, 6.07) is 3.81. The molecule has 0 aliphatic carbocycles. The van der Waals surface area contributed by atoms with E-state index in [-0.39, 0.29) is 10.6 Å². The van der Waals surface area contributed by atoms with Crippen molar-refractivity contribution < 1.29 is 13.3 Å². The van der Waals surface area contributed by atoms with Crippen LogP contribution in [0.25, 0.3) is 0 Å². The van der Waals surface area contributed by atoms with Gasteiger partial charge in [0.1, 0.15) is 5.69 Å². The molecule has 0 fully saturated rings. The number of likely N-dealkylation sites (N-methyl/N-ethyl adjacent to an activating group) is 1. The van der Waals surface area contributed by atoms with Gasteiger partial charge in [-0.2, -0.15) is 0 Å². The van der Waals surface area contributed by atoms with E-state index in [0.717, 1.165) is 11.6 Å². The number of nitro groups is 1. The Morgan fingerprint density at radius 3 is 2.55 bits per heavy atom. The van der Waals surface area contributed by atoms with E-state index >= 15 is 0 Å². The second-order valence-corrected chi connectivity index (χ2v) is 6.31. The molecule has 1 N–H and O–H groups in total. The minimum Gasteiger partial charge on any atom is -0.365 e. The zero-order valence-electron chi connectivity index (χ0n) is 11.6. The largest absolute Gasteiger partial charge is 0.365 e. The first-order valence-corrected chi connectivity index (χ1v) is 7.25. The highest BCUT2D eigenvalue weighted by atomic mass is 32.2. The van der Waals surface area contributed by atoms with E-state index in [9.17, 15) is 18.5 Å². The van der Waals surface area contributed by atoms with Crippen LogP contribution >= 0.6 is 0 Å². The van der Waals surface area contributed by atoms with Crippen LogP contribution in [0.5, 0.6) is 0 Å². The standard InChI is InChI=1S/C12H17N3O4S/c1-9(2)8-14(4)11-6-5-10(20(18,19)13-3)7-12(11)15(16)17/h5-7,13H,1,8H2,2-4H3. The monoisotopic (exact) mass is 299 g/mol. The van der Waals surface area contributed by atoms with Crippen molar-refractivity contribution in [3.05, 3.63) is 40.5 Å². The topological polar surface area (TPSA) is 92.6 Å². The lowest BCUT2D eigenvalue weighted by Gasteiger charge is -2.19. The van der Waals surface area contributed by atoms with E-state index in [1.807, 2.05) is 6.92 Å². The summed E-state index contributed by atoms with van der Waals surface area (Å²) < 4.78 is 25.5. The van der Waals surface area contributed by atoms with Crippen molar-refractivity contribution in [2.24, 2.45) is 0 Å². The molecule has 0 unspecified atom stereocenters. The molecule has 0 aliphatic rings. The maximum atomic E-state index is 11.7. The molecular weight excluding hydrogens is 282 g/mol. The van der Waals surface area contributed by atoms with Crippen LogP contribution in [-0.4, -0.2) is 34.0 Å². The molecule has 0 heterocycles. The lowest BCUT2D eigenvalue weighted by Crippen LogP contribution is -2.22. The summed E-state index contributed by atoms with van der Waals surface area (Å²) in [6.07, 6.45) is 0. The predicted molar refractivity (Wildman–Crippen MR) is 77.4 cm³/mol. The number of nitro benzene ring substituents is 1. The van der Waals surface area contributed by atoms with Crippen LogP contribution in [0.1, 0.15) is 6.92 Å². The first kappa shape index (κ1) is 16.1. The lowest BCUT2D eigenvalue weighted by atomic mass is 10.2. The second-order valence-electron chi connectivity index (χ2n) is 4.43. The molecule has 110 valence electrons. The van der Waals surface area contributed by atoms with Crippen LogP contribution < -0.4 is 9.62 Å². The van der Waals surface area contributed by atoms with Crippen LogP contribution in [-0.2, 0) is 10.0 Å². The molecule has 1 rings (SSSR count). The van der Waals surface area contributed by atoms with Crippen molar-refractivity contribution in [3.63, 3.8) is 0 Å². The number of benzene rings is 1. The van der Waals surface area contributed by atoms with Crippen molar-refractivity contribution in [2.45, 2.75) is 11.8 Å². The van der Waals surface area contributed by atoms with E-state index in [0.29, 0.717) is 12.2 Å². The fourth-order valence-electron chi connectivity index (χ4n) is 1.75. The Bertz CT molecular complexity index is 640. The van der Waals surface area contributed by atoms with Crippen LogP contribution in [0.3, 0.4) is 0 Å². The Hall–Kier alpha value is -1.93. The van der Waals surface area contributed by atoms with Crippen molar-refractivity contribution >= 4 is 21.4 Å². The van der Waals surface area contributed by atoms with Gasteiger partial charge in [-0.05, 0) is 26.1 Å². The lowest BCUT2D eigenvalue weighted by molar-refractivity contribution is -0.384. The molecule has 0 saturated heterocycles. The van der Waals surface area contributed by atoms with Gasteiger partial charge in [-0.15, -0.1) is 0 Å². The van der Waals surface area contributed by atoms with Crippen molar-refractivity contribution in [1.29, 1.82) is 0 Å². The third-order valence-electron chi connectivity index (χ3n) is 2.64. The minimum absolute atomic E-state index is 0.140. The molecule has 0 spiro atoms. The van der Waals surface area contributed by atoms with Gasteiger partial charge >= 0.3 is 0 Å². The highest BCUT2D eigenvalue weighted by Crippen LogP contribution is 2.30. The van der Waals surface area contributed by atoms with E-state index in [4.69, 9.17) is 0 Å². The maximum Gasteiger partial charge on any atom is 0.293 e. The van der Waals surface area contributed by atoms with Gasteiger partial charge in [-0.3, -0.25) is 10.1 Å². The van der Waals surface area contributed by atoms with Gasteiger partial charge < -0.3 is 4.90 Å².